The Balaban J connectivity index is 0.989. The average molecular weight is 885 g/mol. The molecule has 0 saturated heterocycles. The van der Waals surface area contributed by atoms with Crippen molar-refractivity contribution >= 4 is 45.0 Å². The van der Waals surface area contributed by atoms with E-state index in [0.29, 0.717) is 23.4 Å². The van der Waals surface area contributed by atoms with Crippen LogP contribution in [0.2, 0.25) is 0 Å². The highest BCUT2D eigenvalue weighted by molar-refractivity contribution is 6.10. The van der Waals surface area contributed by atoms with Gasteiger partial charge in [0, 0.05) is 49.3 Å². The number of nitrogens with zero attached hydrogens (tertiary/aromatic N) is 4. The fourth-order valence-corrected chi connectivity index (χ4v) is 10.2. The van der Waals surface area contributed by atoms with Crippen molar-refractivity contribution in [3.8, 4) is 84.4 Å². The first-order valence-electron chi connectivity index (χ1n) is 23.6. The highest BCUT2D eigenvalue weighted by Crippen LogP contribution is 2.39. The molecule has 0 saturated carbocycles. The van der Waals surface area contributed by atoms with Gasteiger partial charge in [-0.1, -0.05) is 195 Å². The fraction of sp³-hybridized carbons (Fsp3) is 0.0469. The third-order valence-electron chi connectivity index (χ3n) is 13.6. The van der Waals surface area contributed by atoms with Crippen LogP contribution in [-0.2, 0) is 0 Å². The molecule has 9 aromatic carbocycles. The molecule has 0 N–H and O–H groups in total. The highest BCUT2D eigenvalue weighted by atomic mass is 16.3. The Hall–Kier alpha value is -8.93. The summed E-state index contributed by atoms with van der Waals surface area (Å²) in [5.41, 5.74) is 15.6. The van der Waals surface area contributed by atoms with Gasteiger partial charge in [-0.15, -0.1) is 0 Å². The zero-order chi connectivity index (χ0) is 45.8. The van der Waals surface area contributed by atoms with E-state index < -0.39 is 0 Å². The van der Waals surface area contributed by atoms with Crippen LogP contribution < -0.4 is 10.6 Å². The minimum Gasteiger partial charge on any atom is -0.455 e. The molecule has 0 aliphatic heterocycles. The predicted molar refractivity (Wildman–Crippen MR) is 284 cm³/mol. The summed E-state index contributed by atoms with van der Waals surface area (Å²) >= 11 is 0. The van der Waals surface area contributed by atoms with Gasteiger partial charge in [-0.2, -0.15) is 0 Å². The molecule has 3 heterocycles. The van der Waals surface area contributed by atoms with Gasteiger partial charge in [0.1, 0.15) is 11.2 Å². The van der Waals surface area contributed by atoms with Gasteiger partial charge in [0.05, 0.1) is 10.9 Å². The van der Waals surface area contributed by atoms with Crippen LogP contribution in [0.5, 0.6) is 0 Å². The maximum Gasteiger partial charge on any atom is 0.164 e. The topological polar surface area (TPSA) is 56.7 Å². The van der Waals surface area contributed by atoms with Crippen LogP contribution in [0.1, 0.15) is 13.3 Å². The summed E-state index contributed by atoms with van der Waals surface area (Å²) in [6, 6.07) is 77.0. The first-order chi connectivity index (χ1) is 34.1. The van der Waals surface area contributed by atoms with E-state index in [0.717, 1.165) is 89.6 Å². The van der Waals surface area contributed by atoms with E-state index in [9.17, 15) is 0 Å². The third kappa shape index (κ3) is 7.23. The number of aromatic nitrogens is 4. The van der Waals surface area contributed by atoms with Crippen molar-refractivity contribution in [2.75, 3.05) is 0 Å². The van der Waals surface area contributed by atoms with Gasteiger partial charge in [-0.05, 0) is 93.7 Å². The summed E-state index contributed by atoms with van der Waals surface area (Å²) < 4.78 is 9.01. The van der Waals surface area contributed by atoms with Gasteiger partial charge in [-0.3, -0.25) is 0 Å². The quantitative estimate of drug-likeness (QED) is 0.153. The zero-order valence-electron chi connectivity index (χ0n) is 37.9. The summed E-state index contributed by atoms with van der Waals surface area (Å²) in [6.45, 7) is 2.30. The first kappa shape index (κ1) is 40.4. The van der Waals surface area contributed by atoms with Gasteiger partial charge in [-0.25, -0.2) is 15.0 Å². The number of hydrogen-bond acceptors (Lipinski definition) is 4. The summed E-state index contributed by atoms with van der Waals surface area (Å²) in [6.07, 6.45) is 5.84. The molecule has 1 atom stereocenters. The monoisotopic (exact) mass is 884 g/mol. The van der Waals surface area contributed by atoms with Crippen LogP contribution >= 0.6 is 0 Å². The zero-order valence-corrected chi connectivity index (χ0v) is 37.9. The van der Waals surface area contributed by atoms with Crippen LogP contribution in [0.15, 0.2) is 223 Å². The molecule has 0 spiro atoms. The van der Waals surface area contributed by atoms with Crippen molar-refractivity contribution < 1.29 is 4.42 Å². The van der Waals surface area contributed by atoms with Crippen LogP contribution in [-0.4, -0.2) is 19.5 Å². The molecule has 5 nitrogen and oxygen atoms in total. The Morgan fingerprint density at radius 3 is 1.78 bits per heavy atom. The number of hydrogen-bond donors (Lipinski definition) is 0. The molecule has 0 radical (unpaired) electrons. The number of rotatable bonds is 8. The summed E-state index contributed by atoms with van der Waals surface area (Å²) in [5, 5.41) is 5.95. The Morgan fingerprint density at radius 2 is 1.01 bits per heavy atom. The Labute approximate surface area is 399 Å². The minimum atomic E-state index is 0.392. The molecule has 1 aliphatic rings. The molecule has 69 heavy (non-hydrogen) atoms. The maximum absolute atomic E-state index is 6.56. The van der Waals surface area contributed by atoms with Gasteiger partial charge in [0.25, 0.3) is 0 Å². The van der Waals surface area contributed by atoms with Crippen molar-refractivity contribution in [1.29, 1.82) is 0 Å². The lowest BCUT2D eigenvalue weighted by Crippen LogP contribution is -2.31. The standard InChI is InChI=1S/C64H44N4O/c1-41-30-33-52-53-34-31-48(51-27-15-28-55-54-26-11-12-29-60(54)69-61(51)55)39-59(53)68(58(52)36-41)50-32-35-56(57(40-50)43-18-7-3-8-19-43)64-66-62(44-20-9-4-10-21-44)65-63(67-64)49-25-14-24-47(38-49)46-23-13-22-45(37-46)42-16-5-2-6-17-42/h2-29,31-41H,30H2,1H3. The minimum absolute atomic E-state index is 0.392. The molecular weight excluding hydrogens is 841 g/mol. The molecule has 0 bridgehead atoms. The van der Waals surface area contributed by atoms with Crippen molar-refractivity contribution in [1.82, 2.24) is 19.5 Å². The lowest BCUT2D eigenvalue weighted by atomic mass is 9.97. The molecule has 5 heteroatoms. The molecular formula is C64H44N4O. The van der Waals surface area contributed by atoms with E-state index in [4.69, 9.17) is 19.4 Å². The fourth-order valence-electron chi connectivity index (χ4n) is 10.2. The van der Waals surface area contributed by atoms with E-state index in [1.165, 1.54) is 27.1 Å². The van der Waals surface area contributed by atoms with E-state index >= 15 is 0 Å². The number of fused-ring (bicyclic) bond motifs is 6. The highest BCUT2D eigenvalue weighted by Gasteiger charge is 2.21. The van der Waals surface area contributed by atoms with E-state index in [1.807, 2.05) is 30.3 Å². The normalized spacial score (nSPS) is 13.3. The number of benzene rings is 9. The lowest BCUT2D eigenvalue weighted by Gasteiger charge is -2.16. The van der Waals surface area contributed by atoms with E-state index in [1.54, 1.807) is 0 Å². The van der Waals surface area contributed by atoms with E-state index in [2.05, 4.69) is 212 Å². The van der Waals surface area contributed by atoms with Crippen molar-refractivity contribution in [2.45, 2.75) is 13.3 Å². The molecule has 12 aromatic rings. The van der Waals surface area contributed by atoms with Crippen LogP contribution in [0.25, 0.3) is 129 Å². The smallest absolute Gasteiger partial charge is 0.164 e. The van der Waals surface area contributed by atoms with Gasteiger partial charge in [0.15, 0.2) is 17.5 Å². The van der Waals surface area contributed by atoms with Crippen LogP contribution in [0.3, 0.4) is 0 Å². The molecule has 0 fully saturated rings. The van der Waals surface area contributed by atoms with Crippen LogP contribution in [0, 0.1) is 5.92 Å². The molecule has 0 amide bonds. The SMILES string of the molecule is CC1C=c2c(c3ccc(-c4cccc5c4oc4ccccc45)cc3n2-c2ccc(-c3nc(-c4ccccc4)nc(-c4cccc(-c5cccc(-c6ccccc6)c5)c4)n3)c(-c3ccccc3)c2)=CC1. The van der Waals surface area contributed by atoms with Crippen molar-refractivity contribution in [2.24, 2.45) is 5.92 Å². The van der Waals surface area contributed by atoms with Crippen molar-refractivity contribution in [3.63, 3.8) is 0 Å². The lowest BCUT2D eigenvalue weighted by molar-refractivity contribution is 0.670. The van der Waals surface area contributed by atoms with Gasteiger partial charge < -0.3 is 8.98 Å². The largest absolute Gasteiger partial charge is 0.455 e. The first-order valence-corrected chi connectivity index (χ1v) is 23.6. The maximum atomic E-state index is 6.56. The number of furan rings is 1. The summed E-state index contributed by atoms with van der Waals surface area (Å²) in [5.74, 6) is 2.23. The third-order valence-corrected chi connectivity index (χ3v) is 13.6. The number of para-hydroxylation sites is 2. The second-order valence-corrected chi connectivity index (χ2v) is 18.0. The average Bonchev–Trinajstić information content (AvgIpc) is 3.96. The van der Waals surface area contributed by atoms with Crippen LogP contribution in [0.4, 0.5) is 0 Å². The molecule has 1 aliphatic carbocycles. The Morgan fingerprint density at radius 1 is 0.420 bits per heavy atom. The summed E-state index contributed by atoms with van der Waals surface area (Å²) in [7, 11) is 0. The molecule has 326 valence electrons. The summed E-state index contributed by atoms with van der Waals surface area (Å²) in [4.78, 5) is 15.8. The van der Waals surface area contributed by atoms with Crippen molar-refractivity contribution in [3.05, 3.63) is 229 Å². The predicted octanol–water partition coefficient (Wildman–Crippen LogP) is 15.0. The van der Waals surface area contributed by atoms with Gasteiger partial charge >= 0.3 is 0 Å². The molecule has 3 aromatic heterocycles. The second-order valence-electron chi connectivity index (χ2n) is 18.0. The molecule has 13 rings (SSSR count). The van der Waals surface area contributed by atoms with Gasteiger partial charge in [0.2, 0.25) is 0 Å². The van der Waals surface area contributed by atoms with E-state index in [-0.39, 0.29) is 0 Å². The second kappa shape index (κ2) is 16.7. The molecule has 1 unspecified atom stereocenters. The Bertz CT molecular complexity index is 4060. The Kier molecular flexibility index (Phi) is 9.79.